The molecule has 1 aliphatic rings. The molecule has 0 bridgehead atoms. The fraction of sp³-hybridized carbons (Fsp3) is 0.344. The van der Waals surface area contributed by atoms with Crippen molar-refractivity contribution >= 4 is 44.2 Å². The van der Waals surface area contributed by atoms with E-state index in [1.807, 2.05) is 49.2 Å². The van der Waals surface area contributed by atoms with Crippen LogP contribution in [0.2, 0.25) is 0 Å². The molecule has 0 aliphatic carbocycles. The second-order valence-corrected chi connectivity index (χ2v) is 13.3. The number of para-hydroxylation sites is 1. The molecule has 0 saturated heterocycles. The number of nitro groups is 1. The number of hydrogen-bond donors (Lipinski definition) is 1. The van der Waals surface area contributed by atoms with E-state index in [9.17, 15) is 32.5 Å². The Morgan fingerprint density at radius 2 is 1.71 bits per heavy atom. The molecule has 254 valence electrons. The van der Waals surface area contributed by atoms with E-state index in [-0.39, 0.29) is 32.1 Å². The van der Waals surface area contributed by atoms with E-state index in [1.54, 1.807) is 23.0 Å². The molecule has 3 aromatic carbocycles. The fourth-order valence-electron chi connectivity index (χ4n) is 5.68. The summed E-state index contributed by atoms with van der Waals surface area (Å²) in [7, 11) is -2.78. The number of likely N-dealkylation sites (N-methyl/N-ethyl adjacent to an activating group) is 1. The van der Waals surface area contributed by atoms with Gasteiger partial charge in [0.05, 0.1) is 23.7 Å². The van der Waals surface area contributed by atoms with Gasteiger partial charge in [-0.3, -0.25) is 24.7 Å². The van der Waals surface area contributed by atoms with Crippen molar-refractivity contribution < 1.29 is 31.8 Å². The third-order valence-corrected chi connectivity index (χ3v) is 10.2. The monoisotopic (exact) mass is 681 g/mol. The number of fused-ring (bicyclic) bond motifs is 2. The van der Waals surface area contributed by atoms with E-state index in [2.05, 4.69) is 10.5 Å². The van der Waals surface area contributed by atoms with Crippen molar-refractivity contribution in [3.8, 4) is 0 Å². The average Bonchev–Trinajstić information content (AvgIpc) is 3.66. The Balaban J connectivity index is 1.31. The number of hydrogen-bond acceptors (Lipinski definition) is 10. The zero-order valence-corrected chi connectivity index (χ0v) is 27.6. The molecule has 2 amide bonds. The number of aryl methyl sites for hydroxylation is 2. The number of alkyl halides is 1. The Morgan fingerprint density at radius 1 is 1.04 bits per heavy atom. The summed E-state index contributed by atoms with van der Waals surface area (Å²) in [6.45, 7) is 2.17. The molecule has 16 heteroatoms. The van der Waals surface area contributed by atoms with Crippen LogP contribution in [0.3, 0.4) is 0 Å². The number of aromatic nitrogens is 1. The Bertz CT molecular complexity index is 1930. The molecular formula is C32H36FN7O7S. The Kier molecular flexibility index (Phi) is 10.4. The van der Waals surface area contributed by atoms with Gasteiger partial charge in [0.15, 0.2) is 10.5 Å². The molecule has 0 unspecified atom stereocenters. The van der Waals surface area contributed by atoms with Gasteiger partial charge in [0.1, 0.15) is 6.67 Å². The molecule has 0 spiro atoms. The first-order valence-corrected chi connectivity index (χ1v) is 16.6. The molecule has 5 rings (SSSR count). The minimum Gasteiger partial charge on any atom is -0.356 e. The first kappa shape index (κ1) is 34.4. The maximum Gasteiger partial charge on any atom is 0.289 e. The van der Waals surface area contributed by atoms with Gasteiger partial charge < -0.3 is 14.7 Å². The van der Waals surface area contributed by atoms with Gasteiger partial charge in [0.2, 0.25) is 15.9 Å². The lowest BCUT2D eigenvalue weighted by molar-refractivity contribution is -0.387. The van der Waals surface area contributed by atoms with E-state index >= 15 is 0 Å². The number of carbonyl (C=O) groups excluding carboxylic acids is 2. The average molecular weight is 682 g/mol. The molecular weight excluding hydrogens is 645 g/mol. The predicted molar refractivity (Wildman–Crippen MR) is 175 cm³/mol. The van der Waals surface area contributed by atoms with Crippen molar-refractivity contribution in [2.45, 2.75) is 31.8 Å². The van der Waals surface area contributed by atoms with Crippen LogP contribution in [-0.2, 0) is 32.7 Å². The molecule has 4 aromatic rings. The normalized spacial score (nSPS) is 13.1. The summed E-state index contributed by atoms with van der Waals surface area (Å²) in [4.78, 5) is 38.6. The van der Waals surface area contributed by atoms with E-state index in [0.29, 0.717) is 30.1 Å². The summed E-state index contributed by atoms with van der Waals surface area (Å²) >= 11 is 0. The number of rotatable bonds is 14. The fourth-order valence-corrected chi connectivity index (χ4v) is 7.26. The Morgan fingerprint density at radius 3 is 2.38 bits per heavy atom. The number of nitrogens with zero attached hydrogens (tertiary/aromatic N) is 6. The number of benzene rings is 3. The summed E-state index contributed by atoms with van der Waals surface area (Å²) in [5.41, 5.74) is 4.14. The minimum absolute atomic E-state index is 0.170. The van der Waals surface area contributed by atoms with E-state index in [1.165, 1.54) is 12.1 Å². The number of halogens is 1. The lowest BCUT2D eigenvalue weighted by Gasteiger charge is -2.32. The van der Waals surface area contributed by atoms with Crippen molar-refractivity contribution in [1.29, 1.82) is 0 Å². The number of hydrazine groups is 1. The largest absolute Gasteiger partial charge is 0.356 e. The standard InChI is InChI=1S/C32H36FN7O7S/c1-22-16-26-23(2)35-47-29(26)17-28(22)37(21-32(42)36(3)38-18-24-8-4-5-9-25(24)19-38)20-31(41)34-13-15-39(14-12-33)48(45,46)30-11-7-6-10-27(30)40(43)44/h4-11,16-17H,12-15,18-21H2,1-3H3,(H,34,41). The smallest absolute Gasteiger partial charge is 0.289 e. The summed E-state index contributed by atoms with van der Waals surface area (Å²) in [6.07, 6.45) is 0. The Hall–Kier alpha value is -4.93. The molecule has 0 saturated carbocycles. The zero-order valence-electron chi connectivity index (χ0n) is 26.8. The van der Waals surface area contributed by atoms with Crippen LogP contribution in [0.25, 0.3) is 11.0 Å². The number of sulfonamides is 1. The lowest BCUT2D eigenvalue weighted by Crippen LogP contribution is -2.48. The van der Waals surface area contributed by atoms with Gasteiger partial charge in [0, 0.05) is 63.0 Å². The maximum atomic E-state index is 13.6. The van der Waals surface area contributed by atoms with E-state index in [0.717, 1.165) is 38.5 Å². The van der Waals surface area contributed by atoms with Crippen LogP contribution >= 0.6 is 0 Å². The minimum atomic E-state index is -4.46. The summed E-state index contributed by atoms with van der Waals surface area (Å²) < 4.78 is 46.2. The lowest BCUT2D eigenvalue weighted by atomic mass is 10.1. The molecule has 1 aliphatic heterocycles. The second-order valence-electron chi connectivity index (χ2n) is 11.4. The van der Waals surface area contributed by atoms with E-state index < -0.39 is 44.7 Å². The molecule has 48 heavy (non-hydrogen) atoms. The third-order valence-electron chi connectivity index (χ3n) is 8.28. The highest BCUT2D eigenvalue weighted by molar-refractivity contribution is 7.89. The van der Waals surface area contributed by atoms with Crippen LogP contribution in [0.5, 0.6) is 0 Å². The zero-order chi connectivity index (χ0) is 34.6. The molecule has 14 nitrogen and oxygen atoms in total. The first-order chi connectivity index (χ1) is 22.9. The maximum absolute atomic E-state index is 13.6. The van der Waals surface area contributed by atoms with Crippen molar-refractivity contribution in [2.75, 3.05) is 51.3 Å². The van der Waals surface area contributed by atoms with Crippen LogP contribution in [0, 0.1) is 24.0 Å². The molecule has 0 radical (unpaired) electrons. The number of amides is 2. The van der Waals surface area contributed by atoms with Gasteiger partial charge >= 0.3 is 0 Å². The van der Waals surface area contributed by atoms with Crippen LogP contribution in [0.1, 0.15) is 22.4 Å². The molecule has 0 atom stereocenters. The highest BCUT2D eigenvalue weighted by Gasteiger charge is 2.32. The molecule has 0 fully saturated rings. The molecule has 2 heterocycles. The predicted octanol–water partition coefficient (Wildman–Crippen LogP) is 3.33. The summed E-state index contributed by atoms with van der Waals surface area (Å²) in [6, 6.07) is 16.3. The van der Waals surface area contributed by atoms with Crippen LogP contribution in [0.15, 0.2) is 70.1 Å². The second kappa shape index (κ2) is 14.5. The van der Waals surface area contributed by atoms with Gasteiger partial charge in [0.25, 0.3) is 11.6 Å². The van der Waals surface area contributed by atoms with Gasteiger partial charge in [-0.25, -0.2) is 17.8 Å². The number of carbonyl (C=O) groups is 2. The summed E-state index contributed by atoms with van der Waals surface area (Å²) in [5.74, 6) is -0.802. The summed E-state index contributed by atoms with van der Waals surface area (Å²) in [5, 5.41) is 22.4. The van der Waals surface area contributed by atoms with Gasteiger partial charge in [-0.1, -0.05) is 41.6 Å². The molecule has 1 N–H and O–H groups in total. The van der Waals surface area contributed by atoms with E-state index in [4.69, 9.17) is 4.52 Å². The van der Waals surface area contributed by atoms with Gasteiger partial charge in [-0.2, -0.15) is 4.31 Å². The highest BCUT2D eigenvalue weighted by Crippen LogP contribution is 2.30. The first-order valence-electron chi connectivity index (χ1n) is 15.2. The van der Waals surface area contributed by atoms with Crippen LogP contribution in [-0.4, -0.2) is 91.1 Å². The number of anilines is 1. The number of nitrogens with one attached hydrogen (secondary N) is 1. The number of nitro benzene ring substituents is 1. The van der Waals surface area contributed by atoms with Crippen molar-refractivity contribution in [3.05, 3.63) is 93.2 Å². The van der Waals surface area contributed by atoms with Crippen LogP contribution in [0.4, 0.5) is 15.8 Å². The highest BCUT2D eigenvalue weighted by atomic mass is 32.2. The SMILES string of the molecule is Cc1cc2c(C)noc2cc1N(CC(=O)NCCN(CCF)S(=O)(=O)c1ccccc1[N+](=O)[O-])CC(=O)N(C)N1Cc2ccccc2C1. The topological polar surface area (TPSA) is 162 Å². The Labute approximate surface area is 276 Å². The van der Waals surface area contributed by atoms with Crippen molar-refractivity contribution in [2.24, 2.45) is 0 Å². The van der Waals surface area contributed by atoms with Crippen molar-refractivity contribution in [1.82, 2.24) is 24.8 Å². The van der Waals surface area contributed by atoms with Gasteiger partial charge in [-0.05, 0) is 42.7 Å². The third kappa shape index (κ3) is 7.30. The van der Waals surface area contributed by atoms with Gasteiger partial charge in [-0.15, -0.1) is 0 Å². The van der Waals surface area contributed by atoms with Crippen molar-refractivity contribution in [3.63, 3.8) is 0 Å². The quantitative estimate of drug-likeness (QED) is 0.154. The molecule has 1 aromatic heterocycles. The van der Waals surface area contributed by atoms with Crippen LogP contribution < -0.4 is 10.2 Å².